The van der Waals surface area contributed by atoms with Crippen molar-refractivity contribution in [2.24, 2.45) is 0 Å². The summed E-state index contributed by atoms with van der Waals surface area (Å²) < 4.78 is 58.3. The summed E-state index contributed by atoms with van der Waals surface area (Å²) in [6.07, 6.45) is 0.479. The predicted octanol–water partition coefficient (Wildman–Crippen LogP) is 0.733. The van der Waals surface area contributed by atoms with Gasteiger partial charge in [-0.05, 0) is 32.5 Å². The van der Waals surface area contributed by atoms with Crippen molar-refractivity contribution in [2.75, 3.05) is 31.2 Å². The molecule has 0 aliphatic rings. The molecule has 1 aromatic carbocycles. The third kappa shape index (κ3) is 5.93. The summed E-state index contributed by atoms with van der Waals surface area (Å²) in [6, 6.07) is 4.02. The quantitative estimate of drug-likeness (QED) is 0.552. The van der Waals surface area contributed by atoms with Gasteiger partial charge in [-0.15, -0.1) is 0 Å². The second kappa shape index (κ2) is 8.65. The van der Waals surface area contributed by atoms with E-state index in [2.05, 4.69) is 14.8 Å². The Kier molecular flexibility index (Phi) is 7.46. The number of methoxy groups -OCH3 is 1. The van der Waals surface area contributed by atoms with E-state index in [4.69, 9.17) is 4.74 Å². The Morgan fingerprint density at radius 2 is 1.88 bits per heavy atom. The zero-order valence-corrected chi connectivity index (χ0v) is 15.9. The van der Waals surface area contributed by atoms with E-state index in [-0.39, 0.29) is 34.7 Å². The van der Waals surface area contributed by atoms with Gasteiger partial charge in [0.25, 0.3) is 0 Å². The molecule has 0 bridgehead atoms. The number of anilines is 1. The smallest absolute Gasteiger partial charge is 0.244 e. The fraction of sp³-hybridized carbons (Fsp3) is 0.571. The van der Waals surface area contributed by atoms with E-state index >= 15 is 0 Å². The van der Waals surface area contributed by atoms with Gasteiger partial charge in [0.05, 0.1) is 18.6 Å². The first-order chi connectivity index (χ1) is 11.1. The number of sulfonamides is 2. The van der Waals surface area contributed by atoms with Crippen LogP contribution >= 0.6 is 0 Å². The summed E-state index contributed by atoms with van der Waals surface area (Å²) in [5.74, 6) is 0.0510. The Hall–Kier alpha value is -1.36. The number of ether oxygens (including phenoxy) is 1. The largest absolute Gasteiger partial charge is 0.495 e. The monoisotopic (exact) mass is 379 g/mol. The van der Waals surface area contributed by atoms with E-state index in [0.29, 0.717) is 6.42 Å². The Balaban J connectivity index is 3.06. The molecule has 0 radical (unpaired) electrons. The van der Waals surface area contributed by atoms with Crippen LogP contribution in [0.1, 0.15) is 20.3 Å². The average molecular weight is 380 g/mol. The fourth-order valence-corrected chi connectivity index (χ4v) is 4.27. The fourth-order valence-electron chi connectivity index (χ4n) is 1.87. The summed E-state index contributed by atoms with van der Waals surface area (Å²) >= 11 is 0. The normalized spacial score (nSPS) is 13.5. The molecule has 0 fully saturated rings. The first kappa shape index (κ1) is 20.7. The van der Waals surface area contributed by atoms with Crippen LogP contribution in [0.5, 0.6) is 5.75 Å². The molecular weight excluding hydrogens is 354 g/mol. The third-order valence-corrected chi connectivity index (χ3v) is 6.23. The van der Waals surface area contributed by atoms with Crippen LogP contribution < -0.4 is 19.5 Å². The van der Waals surface area contributed by atoms with Crippen molar-refractivity contribution in [1.29, 1.82) is 0 Å². The van der Waals surface area contributed by atoms with Gasteiger partial charge in [-0.3, -0.25) is 4.72 Å². The molecule has 1 rings (SSSR count). The molecule has 1 aromatic rings. The first-order valence-electron chi connectivity index (χ1n) is 7.50. The van der Waals surface area contributed by atoms with Gasteiger partial charge < -0.3 is 10.1 Å². The van der Waals surface area contributed by atoms with Crippen LogP contribution in [0.3, 0.4) is 0 Å². The van der Waals surface area contributed by atoms with Gasteiger partial charge >= 0.3 is 0 Å². The lowest BCUT2D eigenvalue weighted by Gasteiger charge is -2.15. The molecule has 0 saturated heterocycles. The molecule has 10 heteroatoms. The highest BCUT2D eigenvalue weighted by atomic mass is 32.2. The average Bonchev–Trinajstić information content (AvgIpc) is 2.51. The van der Waals surface area contributed by atoms with Crippen LogP contribution in [0.25, 0.3) is 0 Å². The molecule has 0 aromatic heterocycles. The number of benzene rings is 1. The van der Waals surface area contributed by atoms with Crippen molar-refractivity contribution in [3.8, 4) is 5.75 Å². The topological polar surface area (TPSA) is 114 Å². The number of hydrogen-bond donors (Lipinski definition) is 3. The zero-order valence-electron chi connectivity index (χ0n) is 14.3. The number of nitrogens with one attached hydrogen (secondary N) is 3. The molecule has 0 amide bonds. The van der Waals surface area contributed by atoms with Crippen LogP contribution in [-0.4, -0.2) is 49.3 Å². The van der Waals surface area contributed by atoms with E-state index in [9.17, 15) is 16.8 Å². The molecule has 0 spiro atoms. The van der Waals surface area contributed by atoms with Crippen LogP contribution in [0.2, 0.25) is 0 Å². The van der Waals surface area contributed by atoms with Crippen LogP contribution in [-0.2, 0) is 20.0 Å². The van der Waals surface area contributed by atoms with Crippen molar-refractivity contribution in [2.45, 2.75) is 31.2 Å². The number of hydrogen-bond acceptors (Lipinski definition) is 6. The number of likely N-dealkylation sites (N-methyl/N-ethyl adjacent to an activating group) is 1. The van der Waals surface area contributed by atoms with E-state index in [1.165, 1.54) is 25.3 Å². The second-order valence-electron chi connectivity index (χ2n) is 5.33. The third-order valence-electron chi connectivity index (χ3n) is 3.27. The molecule has 0 aliphatic carbocycles. The lowest BCUT2D eigenvalue weighted by Crippen LogP contribution is -2.37. The molecule has 1 unspecified atom stereocenters. The van der Waals surface area contributed by atoms with Crippen molar-refractivity contribution >= 4 is 25.7 Å². The molecule has 24 heavy (non-hydrogen) atoms. The first-order valence-corrected chi connectivity index (χ1v) is 10.6. The SMILES string of the molecule is CCCS(=O)(=O)Nc1ccc(S(=O)(=O)NCC(C)NC)c(OC)c1. The van der Waals surface area contributed by atoms with E-state index in [1.54, 1.807) is 14.0 Å². The maximum atomic E-state index is 12.4. The highest BCUT2D eigenvalue weighted by Gasteiger charge is 2.21. The molecule has 3 N–H and O–H groups in total. The minimum absolute atomic E-state index is 0.0151. The highest BCUT2D eigenvalue weighted by molar-refractivity contribution is 7.92. The standard InChI is InChI=1S/C14H25N3O5S2/c1-5-8-23(18,19)17-12-6-7-14(13(9-12)22-4)24(20,21)16-10-11(2)15-3/h6-7,9,11,15-17H,5,8,10H2,1-4H3. The molecular formula is C14H25N3O5S2. The lowest BCUT2D eigenvalue weighted by molar-refractivity contribution is 0.402. The van der Waals surface area contributed by atoms with Crippen LogP contribution in [0, 0.1) is 0 Å². The summed E-state index contributed by atoms with van der Waals surface area (Å²) in [4.78, 5) is -0.0493. The summed E-state index contributed by atoms with van der Waals surface area (Å²) in [6.45, 7) is 3.81. The summed E-state index contributed by atoms with van der Waals surface area (Å²) in [7, 11) is -4.17. The van der Waals surface area contributed by atoms with Gasteiger partial charge in [0.2, 0.25) is 20.0 Å². The molecule has 8 nitrogen and oxygen atoms in total. The molecule has 0 aliphatic heterocycles. The zero-order chi connectivity index (χ0) is 18.4. The number of rotatable bonds is 10. The van der Waals surface area contributed by atoms with Gasteiger partial charge in [-0.2, -0.15) is 0 Å². The summed E-state index contributed by atoms with van der Waals surface area (Å²) in [5.41, 5.74) is 0.253. The van der Waals surface area contributed by atoms with Crippen LogP contribution in [0.4, 0.5) is 5.69 Å². The van der Waals surface area contributed by atoms with Gasteiger partial charge in [-0.25, -0.2) is 21.6 Å². The molecule has 0 heterocycles. The van der Waals surface area contributed by atoms with Crippen molar-refractivity contribution < 1.29 is 21.6 Å². The Bertz CT molecular complexity index is 748. The minimum Gasteiger partial charge on any atom is -0.495 e. The van der Waals surface area contributed by atoms with Crippen molar-refractivity contribution in [3.63, 3.8) is 0 Å². The second-order valence-corrected chi connectivity index (χ2v) is 8.91. The van der Waals surface area contributed by atoms with Gasteiger partial charge in [0, 0.05) is 18.7 Å². The molecule has 1 atom stereocenters. The molecule has 0 saturated carbocycles. The van der Waals surface area contributed by atoms with Gasteiger partial charge in [-0.1, -0.05) is 6.92 Å². The van der Waals surface area contributed by atoms with Crippen molar-refractivity contribution in [3.05, 3.63) is 18.2 Å². The van der Waals surface area contributed by atoms with Crippen LogP contribution in [0.15, 0.2) is 23.1 Å². The predicted molar refractivity (Wildman–Crippen MR) is 94.4 cm³/mol. The van der Waals surface area contributed by atoms with E-state index in [1.807, 2.05) is 6.92 Å². The van der Waals surface area contributed by atoms with Gasteiger partial charge in [0.15, 0.2) is 0 Å². The maximum Gasteiger partial charge on any atom is 0.244 e. The minimum atomic E-state index is -3.77. The van der Waals surface area contributed by atoms with E-state index in [0.717, 1.165) is 0 Å². The summed E-state index contributed by atoms with van der Waals surface area (Å²) in [5, 5.41) is 2.93. The van der Waals surface area contributed by atoms with E-state index < -0.39 is 20.0 Å². The van der Waals surface area contributed by atoms with Gasteiger partial charge in [0.1, 0.15) is 10.6 Å². The Morgan fingerprint density at radius 3 is 2.42 bits per heavy atom. The Labute approximate surface area is 144 Å². The lowest BCUT2D eigenvalue weighted by atomic mass is 10.3. The highest BCUT2D eigenvalue weighted by Crippen LogP contribution is 2.27. The maximum absolute atomic E-state index is 12.4. The Morgan fingerprint density at radius 1 is 1.21 bits per heavy atom. The molecule has 138 valence electrons. The van der Waals surface area contributed by atoms with Crippen molar-refractivity contribution in [1.82, 2.24) is 10.0 Å².